The van der Waals surface area contributed by atoms with Gasteiger partial charge in [0.1, 0.15) is 13.2 Å². The highest BCUT2D eigenvalue weighted by molar-refractivity contribution is 5.46. The van der Waals surface area contributed by atoms with Crippen LogP contribution in [0.4, 0.5) is 0 Å². The lowest BCUT2D eigenvalue weighted by Crippen LogP contribution is -2.45. The number of nitrogens with two attached hydrogens (primary N) is 1. The van der Waals surface area contributed by atoms with E-state index in [2.05, 4.69) is 32.9 Å². The molecule has 2 N–H and O–H groups in total. The molecule has 3 unspecified atom stereocenters. The molecule has 1 fully saturated rings. The molecule has 0 radical (unpaired) electrons. The normalized spacial score (nSPS) is 29.2. The maximum Gasteiger partial charge on any atom is 0.161 e. The van der Waals surface area contributed by atoms with Gasteiger partial charge in [0.15, 0.2) is 11.5 Å². The molecule has 1 aliphatic heterocycles. The molecule has 0 amide bonds. The van der Waals surface area contributed by atoms with E-state index >= 15 is 0 Å². The second-order valence-electron chi connectivity index (χ2n) is 7.27. The van der Waals surface area contributed by atoms with E-state index in [0.29, 0.717) is 19.1 Å². The van der Waals surface area contributed by atoms with E-state index in [0.717, 1.165) is 23.8 Å². The van der Waals surface area contributed by atoms with Crippen LogP contribution in [-0.2, 0) is 5.41 Å². The lowest BCUT2D eigenvalue weighted by molar-refractivity contribution is 0.163. The second-order valence-corrected chi connectivity index (χ2v) is 7.27. The Balaban J connectivity index is 1.87. The lowest BCUT2D eigenvalue weighted by atomic mass is 9.64. The van der Waals surface area contributed by atoms with E-state index in [9.17, 15) is 0 Å². The molecule has 1 aromatic rings. The SMILES string of the molecule is CC1CCC(C(C)(C)c2ccc3c(c2)OCCO3)C(N)C1. The summed E-state index contributed by atoms with van der Waals surface area (Å²) in [6, 6.07) is 6.66. The smallest absolute Gasteiger partial charge is 0.161 e. The van der Waals surface area contributed by atoms with Gasteiger partial charge >= 0.3 is 0 Å². The molecule has 116 valence electrons. The van der Waals surface area contributed by atoms with Gasteiger partial charge in [0, 0.05) is 6.04 Å². The van der Waals surface area contributed by atoms with Crippen molar-refractivity contribution < 1.29 is 9.47 Å². The molecular weight excluding hydrogens is 262 g/mol. The third-order valence-electron chi connectivity index (χ3n) is 5.37. The zero-order valence-corrected chi connectivity index (χ0v) is 13.4. The fourth-order valence-corrected chi connectivity index (χ4v) is 3.98. The van der Waals surface area contributed by atoms with Gasteiger partial charge in [0.05, 0.1) is 0 Å². The molecule has 0 bridgehead atoms. The van der Waals surface area contributed by atoms with Gasteiger partial charge in [-0.05, 0) is 47.8 Å². The highest BCUT2D eigenvalue weighted by Crippen LogP contribution is 2.44. The number of fused-ring (bicyclic) bond motifs is 1. The van der Waals surface area contributed by atoms with Crippen LogP contribution >= 0.6 is 0 Å². The number of ether oxygens (including phenoxy) is 2. The zero-order valence-electron chi connectivity index (χ0n) is 13.4. The summed E-state index contributed by atoms with van der Waals surface area (Å²) in [6.45, 7) is 8.23. The number of benzene rings is 1. The molecule has 1 heterocycles. The Bertz CT molecular complexity index is 512. The van der Waals surface area contributed by atoms with Crippen LogP contribution in [0.3, 0.4) is 0 Å². The molecule has 0 aromatic heterocycles. The Morgan fingerprint density at radius 1 is 1.10 bits per heavy atom. The van der Waals surface area contributed by atoms with Gasteiger partial charge < -0.3 is 15.2 Å². The van der Waals surface area contributed by atoms with E-state index < -0.39 is 0 Å². The fourth-order valence-electron chi connectivity index (χ4n) is 3.98. The molecule has 3 atom stereocenters. The predicted molar refractivity (Wildman–Crippen MR) is 84.9 cm³/mol. The van der Waals surface area contributed by atoms with Crippen LogP contribution in [-0.4, -0.2) is 19.3 Å². The maximum atomic E-state index is 6.47. The topological polar surface area (TPSA) is 44.5 Å². The highest BCUT2D eigenvalue weighted by atomic mass is 16.6. The molecular formula is C18H27NO2. The minimum Gasteiger partial charge on any atom is -0.486 e. The summed E-state index contributed by atoms with van der Waals surface area (Å²) in [5, 5.41) is 0. The van der Waals surface area contributed by atoms with Crippen molar-refractivity contribution >= 4 is 0 Å². The van der Waals surface area contributed by atoms with E-state index in [1.165, 1.54) is 18.4 Å². The fraction of sp³-hybridized carbons (Fsp3) is 0.667. The summed E-state index contributed by atoms with van der Waals surface area (Å²) >= 11 is 0. The highest BCUT2D eigenvalue weighted by Gasteiger charge is 2.38. The van der Waals surface area contributed by atoms with E-state index in [1.54, 1.807) is 0 Å². The van der Waals surface area contributed by atoms with Crippen LogP contribution in [0.2, 0.25) is 0 Å². The average molecular weight is 289 g/mol. The Kier molecular flexibility index (Phi) is 3.87. The van der Waals surface area contributed by atoms with Crippen molar-refractivity contribution in [3.63, 3.8) is 0 Å². The van der Waals surface area contributed by atoms with Crippen molar-refractivity contribution in [1.29, 1.82) is 0 Å². The summed E-state index contributed by atoms with van der Waals surface area (Å²) in [7, 11) is 0. The van der Waals surface area contributed by atoms with Gasteiger partial charge in [-0.3, -0.25) is 0 Å². The van der Waals surface area contributed by atoms with Crippen molar-refractivity contribution in [3.05, 3.63) is 23.8 Å². The molecule has 3 heteroatoms. The molecule has 2 aliphatic rings. The standard InChI is InChI=1S/C18H27NO2/c1-12-4-6-14(15(19)10-12)18(2,3)13-5-7-16-17(11-13)21-9-8-20-16/h5,7,11-12,14-15H,4,6,8-10,19H2,1-3H3. The second kappa shape index (κ2) is 5.53. The lowest BCUT2D eigenvalue weighted by Gasteiger charge is -2.43. The van der Waals surface area contributed by atoms with Gasteiger partial charge in [-0.2, -0.15) is 0 Å². The first-order valence-corrected chi connectivity index (χ1v) is 8.14. The van der Waals surface area contributed by atoms with Crippen LogP contribution in [0.15, 0.2) is 18.2 Å². The summed E-state index contributed by atoms with van der Waals surface area (Å²) in [6.07, 6.45) is 3.63. The van der Waals surface area contributed by atoms with Gasteiger partial charge in [-0.15, -0.1) is 0 Å². The molecule has 1 saturated carbocycles. The quantitative estimate of drug-likeness (QED) is 0.906. The largest absolute Gasteiger partial charge is 0.486 e. The first-order valence-electron chi connectivity index (χ1n) is 8.14. The van der Waals surface area contributed by atoms with E-state index in [4.69, 9.17) is 15.2 Å². The van der Waals surface area contributed by atoms with Crippen molar-refractivity contribution in [2.75, 3.05) is 13.2 Å². The van der Waals surface area contributed by atoms with Crippen LogP contribution < -0.4 is 15.2 Å². The summed E-state index contributed by atoms with van der Waals surface area (Å²) in [5.41, 5.74) is 7.85. The van der Waals surface area contributed by atoms with Crippen molar-refractivity contribution in [2.45, 2.75) is 51.5 Å². The first-order chi connectivity index (χ1) is 9.98. The molecule has 0 spiro atoms. The minimum absolute atomic E-state index is 0.0649. The Hall–Kier alpha value is -1.22. The third kappa shape index (κ3) is 2.76. The first kappa shape index (κ1) is 14.7. The maximum absolute atomic E-state index is 6.47. The Morgan fingerprint density at radius 2 is 1.81 bits per heavy atom. The summed E-state index contributed by atoms with van der Waals surface area (Å²) < 4.78 is 11.4. The monoisotopic (exact) mass is 289 g/mol. The third-order valence-corrected chi connectivity index (χ3v) is 5.37. The Morgan fingerprint density at radius 3 is 2.52 bits per heavy atom. The van der Waals surface area contributed by atoms with Crippen molar-refractivity contribution in [1.82, 2.24) is 0 Å². The van der Waals surface area contributed by atoms with Gasteiger partial charge in [0.25, 0.3) is 0 Å². The van der Waals surface area contributed by atoms with Crippen molar-refractivity contribution in [2.24, 2.45) is 17.6 Å². The summed E-state index contributed by atoms with van der Waals surface area (Å²) in [5.74, 6) is 3.02. The zero-order chi connectivity index (χ0) is 15.0. The van der Waals surface area contributed by atoms with Crippen LogP contribution in [0, 0.1) is 11.8 Å². The Labute approximate surface area is 127 Å². The minimum atomic E-state index is 0.0649. The number of hydrogen-bond acceptors (Lipinski definition) is 3. The van der Waals surface area contributed by atoms with Crippen molar-refractivity contribution in [3.8, 4) is 11.5 Å². The van der Waals surface area contributed by atoms with Crippen LogP contribution in [0.5, 0.6) is 11.5 Å². The van der Waals surface area contributed by atoms with Crippen LogP contribution in [0.25, 0.3) is 0 Å². The predicted octanol–water partition coefficient (Wildman–Crippen LogP) is 3.50. The van der Waals surface area contributed by atoms with Gasteiger partial charge in [0.2, 0.25) is 0 Å². The molecule has 21 heavy (non-hydrogen) atoms. The molecule has 0 saturated heterocycles. The summed E-state index contributed by atoms with van der Waals surface area (Å²) in [4.78, 5) is 0. The molecule has 3 rings (SSSR count). The number of rotatable bonds is 2. The average Bonchev–Trinajstić information content (AvgIpc) is 2.46. The van der Waals surface area contributed by atoms with Gasteiger partial charge in [-0.1, -0.05) is 33.3 Å². The van der Waals surface area contributed by atoms with E-state index in [-0.39, 0.29) is 11.5 Å². The molecule has 3 nitrogen and oxygen atoms in total. The number of hydrogen-bond donors (Lipinski definition) is 1. The van der Waals surface area contributed by atoms with Gasteiger partial charge in [-0.25, -0.2) is 0 Å². The van der Waals surface area contributed by atoms with Crippen LogP contribution in [0.1, 0.15) is 45.6 Å². The molecule has 1 aromatic carbocycles. The molecule has 1 aliphatic carbocycles. The van der Waals surface area contributed by atoms with E-state index in [1.807, 2.05) is 6.07 Å².